The van der Waals surface area contributed by atoms with Crippen LogP contribution in [0.15, 0.2) is 15.5 Å². The van der Waals surface area contributed by atoms with E-state index in [1.807, 2.05) is 34.9 Å². The third-order valence-electron chi connectivity index (χ3n) is 3.75. The van der Waals surface area contributed by atoms with Crippen LogP contribution >= 0.6 is 11.9 Å². The maximum absolute atomic E-state index is 12.4. The molecule has 0 bridgehead atoms. The van der Waals surface area contributed by atoms with Gasteiger partial charge in [0, 0.05) is 43.0 Å². The van der Waals surface area contributed by atoms with E-state index in [2.05, 4.69) is 15.8 Å². The highest BCUT2D eigenvalue weighted by molar-refractivity contribution is 7.97. The maximum atomic E-state index is 12.4. The van der Waals surface area contributed by atoms with Gasteiger partial charge in [0.15, 0.2) is 5.43 Å². The second-order valence-corrected chi connectivity index (χ2v) is 5.69. The van der Waals surface area contributed by atoms with Crippen LogP contribution in [-0.2, 0) is 7.05 Å². The Morgan fingerprint density at radius 3 is 2.24 bits per heavy atom. The van der Waals surface area contributed by atoms with E-state index in [9.17, 15) is 4.79 Å². The first-order valence-corrected chi connectivity index (χ1v) is 6.43. The van der Waals surface area contributed by atoms with Gasteiger partial charge in [-0.1, -0.05) is 0 Å². The van der Waals surface area contributed by atoms with Crippen LogP contribution in [-0.4, -0.2) is 15.9 Å². The minimum atomic E-state index is 0.174. The quantitative estimate of drug-likeness (QED) is 0.662. The summed E-state index contributed by atoms with van der Waals surface area (Å²) in [5, 5.41) is 1.05. The summed E-state index contributed by atoms with van der Waals surface area (Å²) >= 11 is 1.63. The van der Waals surface area contributed by atoms with E-state index in [0.717, 1.165) is 33.1 Å². The molecule has 0 atom stereocenters. The minimum Gasteiger partial charge on any atom is -0.341 e. The molecule has 0 unspecified atom stereocenters. The highest BCUT2D eigenvalue weighted by Crippen LogP contribution is 2.38. The van der Waals surface area contributed by atoms with Gasteiger partial charge in [0.1, 0.15) is 5.03 Å². The number of hydrogen-bond acceptors (Lipinski definition) is 3. The SMILES string of the molecule is CC1=C(C)N(C)Sc2c1c(=O)c(C)c(C)n2C. The van der Waals surface area contributed by atoms with E-state index < -0.39 is 0 Å². The summed E-state index contributed by atoms with van der Waals surface area (Å²) in [6, 6.07) is 0. The summed E-state index contributed by atoms with van der Waals surface area (Å²) in [6.07, 6.45) is 0. The molecule has 2 heterocycles. The largest absolute Gasteiger partial charge is 0.341 e. The maximum Gasteiger partial charge on any atom is 0.193 e. The van der Waals surface area contributed by atoms with Crippen LogP contribution < -0.4 is 5.43 Å². The van der Waals surface area contributed by atoms with Gasteiger partial charge in [-0.25, -0.2) is 0 Å². The van der Waals surface area contributed by atoms with Crippen molar-refractivity contribution in [3.63, 3.8) is 0 Å². The summed E-state index contributed by atoms with van der Waals surface area (Å²) in [5.74, 6) is 0. The van der Waals surface area contributed by atoms with Crippen LogP contribution in [0, 0.1) is 13.8 Å². The van der Waals surface area contributed by atoms with Crippen molar-refractivity contribution in [2.24, 2.45) is 7.05 Å². The fourth-order valence-electron chi connectivity index (χ4n) is 2.07. The van der Waals surface area contributed by atoms with Crippen LogP contribution in [0.25, 0.3) is 5.57 Å². The van der Waals surface area contributed by atoms with E-state index in [0.29, 0.717) is 0 Å². The predicted octanol–water partition coefficient (Wildman–Crippen LogP) is 2.71. The van der Waals surface area contributed by atoms with Crippen molar-refractivity contribution < 1.29 is 0 Å². The van der Waals surface area contributed by atoms with Gasteiger partial charge in [-0.15, -0.1) is 0 Å². The molecule has 1 aromatic rings. The summed E-state index contributed by atoms with van der Waals surface area (Å²) < 4.78 is 4.23. The number of hydrogen-bond donors (Lipinski definition) is 0. The van der Waals surface area contributed by atoms with Gasteiger partial charge in [0.2, 0.25) is 0 Å². The monoisotopic (exact) mass is 250 g/mol. The Bertz CT molecular complexity index is 584. The first-order chi connectivity index (χ1) is 7.86. The Hall–Kier alpha value is -1.16. The van der Waals surface area contributed by atoms with Gasteiger partial charge >= 0.3 is 0 Å². The second kappa shape index (κ2) is 3.95. The molecule has 2 rings (SSSR count). The molecule has 1 aliphatic rings. The molecule has 0 radical (unpaired) electrons. The lowest BCUT2D eigenvalue weighted by Crippen LogP contribution is -2.25. The van der Waals surface area contributed by atoms with Crippen molar-refractivity contribution >= 4 is 17.5 Å². The molecule has 0 fully saturated rings. The van der Waals surface area contributed by atoms with Crippen molar-refractivity contribution in [3.05, 3.63) is 32.7 Å². The molecular weight excluding hydrogens is 232 g/mol. The molecule has 1 aromatic heterocycles. The number of allylic oxidation sites excluding steroid dienone is 2. The lowest BCUT2D eigenvalue weighted by molar-refractivity contribution is 0.665. The Labute approximate surface area is 106 Å². The van der Waals surface area contributed by atoms with Crippen molar-refractivity contribution in [3.8, 4) is 0 Å². The van der Waals surface area contributed by atoms with Crippen LogP contribution in [0.5, 0.6) is 0 Å². The van der Waals surface area contributed by atoms with Crippen molar-refractivity contribution in [2.75, 3.05) is 7.05 Å². The summed E-state index contributed by atoms with van der Waals surface area (Å²) in [4.78, 5) is 12.4. The standard InChI is InChI=1S/C13H18N2OS/c1-7-10(4)15(6)17-13-11(7)12(16)8(2)9(3)14(13)5/h1-6H3. The average molecular weight is 250 g/mol. The molecule has 4 heteroatoms. The van der Waals surface area contributed by atoms with Crippen LogP contribution in [0.4, 0.5) is 0 Å². The lowest BCUT2D eigenvalue weighted by Gasteiger charge is -2.30. The number of pyridine rings is 1. The van der Waals surface area contributed by atoms with Gasteiger partial charge in [-0.05, 0) is 33.3 Å². The fourth-order valence-corrected chi connectivity index (χ4v) is 3.20. The number of fused-ring (bicyclic) bond motifs is 1. The Kier molecular flexibility index (Phi) is 2.86. The van der Waals surface area contributed by atoms with Crippen LogP contribution in [0.3, 0.4) is 0 Å². The van der Waals surface area contributed by atoms with E-state index in [1.54, 1.807) is 11.9 Å². The molecule has 92 valence electrons. The first-order valence-electron chi connectivity index (χ1n) is 5.66. The highest BCUT2D eigenvalue weighted by atomic mass is 32.2. The predicted molar refractivity (Wildman–Crippen MR) is 73.0 cm³/mol. The normalized spacial score (nSPS) is 15.3. The van der Waals surface area contributed by atoms with Gasteiger partial charge in [0.05, 0.1) is 5.56 Å². The molecule has 0 amide bonds. The third-order valence-corrected chi connectivity index (χ3v) is 4.94. The molecule has 0 N–H and O–H groups in total. The van der Waals surface area contributed by atoms with Crippen LogP contribution in [0.2, 0.25) is 0 Å². The van der Waals surface area contributed by atoms with E-state index >= 15 is 0 Å². The molecule has 0 saturated heterocycles. The zero-order chi connectivity index (χ0) is 12.9. The van der Waals surface area contributed by atoms with Gasteiger partial charge < -0.3 is 8.87 Å². The number of nitrogens with zero attached hydrogens (tertiary/aromatic N) is 2. The summed E-state index contributed by atoms with van der Waals surface area (Å²) in [6.45, 7) is 7.99. The molecule has 0 aromatic carbocycles. The fraction of sp³-hybridized carbons (Fsp3) is 0.462. The molecule has 3 nitrogen and oxygen atoms in total. The summed E-state index contributed by atoms with van der Waals surface area (Å²) in [5.41, 5.74) is 5.18. The minimum absolute atomic E-state index is 0.174. The topological polar surface area (TPSA) is 25.2 Å². The van der Waals surface area contributed by atoms with E-state index in [4.69, 9.17) is 0 Å². The van der Waals surface area contributed by atoms with Gasteiger partial charge in [-0.3, -0.25) is 4.79 Å². The number of rotatable bonds is 0. The zero-order valence-corrected chi connectivity index (χ0v) is 12.0. The molecule has 0 aliphatic carbocycles. The highest BCUT2D eigenvalue weighted by Gasteiger charge is 2.24. The second-order valence-electron chi connectivity index (χ2n) is 4.58. The third kappa shape index (κ3) is 1.62. The van der Waals surface area contributed by atoms with Crippen molar-refractivity contribution in [2.45, 2.75) is 32.7 Å². The smallest absolute Gasteiger partial charge is 0.193 e. The Balaban J connectivity index is 2.90. The molecular formula is C13H18N2OS. The molecule has 1 aliphatic heterocycles. The van der Waals surface area contributed by atoms with Gasteiger partial charge in [-0.2, -0.15) is 0 Å². The Morgan fingerprint density at radius 2 is 1.65 bits per heavy atom. The van der Waals surface area contributed by atoms with Gasteiger partial charge in [0.25, 0.3) is 0 Å². The zero-order valence-electron chi connectivity index (χ0n) is 11.2. The van der Waals surface area contributed by atoms with Crippen LogP contribution in [0.1, 0.15) is 30.7 Å². The molecule has 0 saturated carbocycles. The average Bonchev–Trinajstić information content (AvgIpc) is 2.30. The molecule has 17 heavy (non-hydrogen) atoms. The molecule has 0 spiro atoms. The number of aromatic nitrogens is 1. The summed E-state index contributed by atoms with van der Waals surface area (Å²) in [7, 11) is 4.06. The lowest BCUT2D eigenvalue weighted by atomic mass is 10.0. The van der Waals surface area contributed by atoms with E-state index in [-0.39, 0.29) is 5.43 Å². The first kappa shape index (κ1) is 12.3. The van der Waals surface area contributed by atoms with E-state index in [1.165, 1.54) is 0 Å². The van der Waals surface area contributed by atoms with Crippen molar-refractivity contribution in [1.29, 1.82) is 0 Å². The van der Waals surface area contributed by atoms with Crippen molar-refractivity contribution in [1.82, 2.24) is 8.87 Å². The Morgan fingerprint density at radius 1 is 1.06 bits per heavy atom.